The zero-order chi connectivity index (χ0) is 21.4. The van der Waals surface area contributed by atoms with Crippen LogP contribution < -0.4 is 9.62 Å². The van der Waals surface area contributed by atoms with Gasteiger partial charge in [0.2, 0.25) is 10.0 Å². The number of nitrogens with one attached hydrogen (secondary N) is 1. The third-order valence-electron chi connectivity index (χ3n) is 5.70. The van der Waals surface area contributed by atoms with Gasteiger partial charge in [0.25, 0.3) is 5.91 Å². The quantitative estimate of drug-likeness (QED) is 0.757. The predicted molar refractivity (Wildman–Crippen MR) is 116 cm³/mol. The first-order valence-corrected chi connectivity index (χ1v) is 13.2. The summed E-state index contributed by atoms with van der Waals surface area (Å²) in [4.78, 5) is 12.8. The van der Waals surface area contributed by atoms with Gasteiger partial charge in [-0.3, -0.25) is 9.10 Å². The summed E-state index contributed by atoms with van der Waals surface area (Å²) in [5, 5.41) is 2.44. The van der Waals surface area contributed by atoms with Gasteiger partial charge in [-0.25, -0.2) is 16.8 Å². The van der Waals surface area contributed by atoms with E-state index in [4.69, 9.17) is 0 Å². The van der Waals surface area contributed by atoms with E-state index < -0.39 is 19.9 Å². The van der Waals surface area contributed by atoms with Gasteiger partial charge in [-0.15, -0.1) is 0 Å². The number of carbonyl (C=O) groups is 1. The molecule has 160 valence electrons. The van der Waals surface area contributed by atoms with E-state index in [9.17, 15) is 21.6 Å². The van der Waals surface area contributed by atoms with E-state index in [1.165, 1.54) is 16.4 Å². The van der Waals surface area contributed by atoms with Crippen molar-refractivity contribution in [1.82, 2.24) is 0 Å². The van der Waals surface area contributed by atoms with Crippen molar-refractivity contribution >= 4 is 37.1 Å². The highest BCUT2D eigenvalue weighted by Gasteiger charge is 2.30. The van der Waals surface area contributed by atoms with E-state index in [-0.39, 0.29) is 21.8 Å². The Morgan fingerprint density at radius 3 is 2.13 bits per heavy atom. The third-order valence-corrected chi connectivity index (χ3v) is 9.85. The van der Waals surface area contributed by atoms with Crippen LogP contribution in [0.1, 0.15) is 42.5 Å². The number of amides is 1. The summed E-state index contributed by atoms with van der Waals surface area (Å²) in [6.45, 7) is 0.448. The summed E-state index contributed by atoms with van der Waals surface area (Å²) in [6, 6.07) is 12.6. The highest BCUT2D eigenvalue weighted by atomic mass is 32.2. The van der Waals surface area contributed by atoms with Crippen LogP contribution in [0, 0.1) is 0 Å². The number of hydrogen-bond donors (Lipinski definition) is 1. The average molecular weight is 449 g/mol. The van der Waals surface area contributed by atoms with E-state index in [1.807, 2.05) is 0 Å². The van der Waals surface area contributed by atoms with Gasteiger partial charge in [-0.2, -0.15) is 0 Å². The molecule has 1 saturated heterocycles. The van der Waals surface area contributed by atoms with E-state index in [0.29, 0.717) is 42.7 Å². The first-order valence-electron chi connectivity index (χ1n) is 10.0. The SMILES string of the molecule is O=C(Nc1ccc(S(=O)(=O)C2CCCC2)cc1)c1ccc(N2CCCS2(=O)=O)cc1. The first kappa shape index (κ1) is 20.9. The molecule has 0 spiro atoms. The lowest BCUT2D eigenvalue weighted by molar-refractivity contribution is 0.102. The summed E-state index contributed by atoms with van der Waals surface area (Å²) in [5.74, 6) is -0.209. The van der Waals surface area contributed by atoms with Crippen molar-refractivity contribution in [2.24, 2.45) is 0 Å². The smallest absolute Gasteiger partial charge is 0.255 e. The van der Waals surface area contributed by atoms with Crippen LogP contribution in [0.25, 0.3) is 0 Å². The highest BCUT2D eigenvalue weighted by molar-refractivity contribution is 7.93. The van der Waals surface area contributed by atoms with Crippen molar-refractivity contribution in [3.8, 4) is 0 Å². The molecule has 30 heavy (non-hydrogen) atoms. The van der Waals surface area contributed by atoms with Crippen LogP contribution in [0.5, 0.6) is 0 Å². The van der Waals surface area contributed by atoms with Gasteiger partial charge in [0, 0.05) is 17.8 Å². The zero-order valence-corrected chi connectivity index (χ0v) is 18.1. The van der Waals surface area contributed by atoms with Crippen molar-refractivity contribution < 1.29 is 21.6 Å². The molecule has 9 heteroatoms. The molecule has 1 N–H and O–H groups in total. The molecule has 2 aromatic rings. The van der Waals surface area contributed by atoms with Gasteiger partial charge in [-0.1, -0.05) is 12.8 Å². The summed E-state index contributed by atoms with van der Waals surface area (Å²) < 4.78 is 50.7. The number of sulfonamides is 1. The second kappa shape index (κ2) is 8.03. The minimum Gasteiger partial charge on any atom is -0.322 e. The molecule has 1 saturated carbocycles. The molecule has 0 bridgehead atoms. The molecule has 2 aromatic carbocycles. The molecule has 1 aliphatic carbocycles. The van der Waals surface area contributed by atoms with E-state index >= 15 is 0 Å². The number of sulfone groups is 1. The van der Waals surface area contributed by atoms with Gasteiger partial charge in [0.1, 0.15) is 0 Å². The average Bonchev–Trinajstić information content (AvgIpc) is 3.38. The molecule has 1 amide bonds. The number of anilines is 2. The molecule has 0 atom stereocenters. The monoisotopic (exact) mass is 448 g/mol. The maximum atomic E-state index is 12.6. The Balaban J connectivity index is 1.44. The van der Waals surface area contributed by atoms with E-state index in [1.54, 1.807) is 36.4 Å². The fourth-order valence-electron chi connectivity index (χ4n) is 4.03. The molecule has 1 aliphatic heterocycles. The summed E-state index contributed by atoms with van der Waals surface area (Å²) in [7, 11) is -6.59. The molecule has 7 nitrogen and oxygen atoms in total. The Hall–Kier alpha value is -2.39. The fraction of sp³-hybridized carbons (Fsp3) is 0.381. The number of nitrogens with zero attached hydrogens (tertiary/aromatic N) is 1. The van der Waals surface area contributed by atoms with Crippen molar-refractivity contribution in [2.45, 2.75) is 42.2 Å². The van der Waals surface area contributed by atoms with Gasteiger partial charge in [-0.05, 0) is 67.8 Å². The second-order valence-electron chi connectivity index (χ2n) is 7.72. The molecular weight excluding hydrogens is 424 g/mol. The highest BCUT2D eigenvalue weighted by Crippen LogP contribution is 2.30. The van der Waals surface area contributed by atoms with E-state index in [2.05, 4.69) is 5.32 Å². The first-order chi connectivity index (χ1) is 14.3. The number of hydrogen-bond acceptors (Lipinski definition) is 5. The lowest BCUT2D eigenvalue weighted by Gasteiger charge is -2.17. The zero-order valence-electron chi connectivity index (χ0n) is 16.5. The molecular formula is C21H24N2O5S2. The van der Waals surface area contributed by atoms with Crippen LogP contribution in [0.2, 0.25) is 0 Å². The van der Waals surface area contributed by atoms with Gasteiger partial charge in [0.05, 0.1) is 21.6 Å². The maximum absolute atomic E-state index is 12.6. The minimum absolute atomic E-state index is 0.141. The summed E-state index contributed by atoms with van der Waals surface area (Å²) in [5.41, 5.74) is 1.43. The molecule has 1 heterocycles. The van der Waals surface area contributed by atoms with Crippen LogP contribution in [-0.4, -0.2) is 40.3 Å². The van der Waals surface area contributed by atoms with Gasteiger partial charge < -0.3 is 5.32 Å². The normalized spacial score (nSPS) is 19.1. The number of carbonyl (C=O) groups excluding carboxylic acids is 1. The van der Waals surface area contributed by atoms with Crippen molar-refractivity contribution in [3.63, 3.8) is 0 Å². The molecule has 0 aromatic heterocycles. The molecule has 2 fully saturated rings. The molecule has 0 radical (unpaired) electrons. The van der Waals surface area contributed by atoms with Gasteiger partial charge >= 0.3 is 0 Å². The topological polar surface area (TPSA) is 101 Å². The van der Waals surface area contributed by atoms with Crippen molar-refractivity contribution in [1.29, 1.82) is 0 Å². The van der Waals surface area contributed by atoms with Crippen LogP contribution in [0.3, 0.4) is 0 Å². The fourth-order valence-corrected chi connectivity index (χ4v) is 7.45. The Morgan fingerprint density at radius 1 is 0.933 bits per heavy atom. The summed E-state index contributed by atoms with van der Waals surface area (Å²) in [6.07, 6.45) is 3.89. The van der Waals surface area contributed by atoms with Crippen LogP contribution >= 0.6 is 0 Å². The Labute approximate surface area is 177 Å². The van der Waals surface area contributed by atoms with E-state index in [0.717, 1.165) is 12.8 Å². The second-order valence-corrected chi connectivity index (χ2v) is 12.0. The Morgan fingerprint density at radius 2 is 1.57 bits per heavy atom. The molecule has 2 aliphatic rings. The van der Waals surface area contributed by atoms with Crippen LogP contribution in [0.15, 0.2) is 53.4 Å². The Kier molecular flexibility index (Phi) is 5.59. The number of rotatable bonds is 5. The Bertz CT molecular complexity index is 1130. The van der Waals surface area contributed by atoms with Gasteiger partial charge in [0.15, 0.2) is 9.84 Å². The molecule has 4 rings (SSSR count). The predicted octanol–water partition coefficient (Wildman–Crippen LogP) is 3.20. The molecule has 0 unspecified atom stereocenters. The standard InChI is InChI=1S/C21H24N2O5S2/c24-21(16-6-10-18(11-7-16)23-14-3-15-29(23,25)26)22-17-8-12-20(13-9-17)30(27,28)19-4-1-2-5-19/h6-13,19H,1-5,14-15H2,(H,22,24). The third kappa shape index (κ3) is 4.09. The van der Waals surface area contributed by atoms with Crippen LogP contribution in [-0.2, 0) is 19.9 Å². The largest absolute Gasteiger partial charge is 0.322 e. The van der Waals surface area contributed by atoms with Crippen molar-refractivity contribution in [2.75, 3.05) is 21.9 Å². The lowest BCUT2D eigenvalue weighted by Crippen LogP contribution is -2.25. The lowest BCUT2D eigenvalue weighted by atomic mass is 10.2. The number of benzene rings is 2. The maximum Gasteiger partial charge on any atom is 0.255 e. The van der Waals surface area contributed by atoms with Crippen LogP contribution in [0.4, 0.5) is 11.4 Å². The summed E-state index contributed by atoms with van der Waals surface area (Å²) >= 11 is 0. The van der Waals surface area contributed by atoms with Crippen molar-refractivity contribution in [3.05, 3.63) is 54.1 Å². The minimum atomic E-state index is -3.33.